The molecule has 7 heteroatoms. The molecule has 0 fully saturated rings. The molecule has 0 aliphatic rings. The Morgan fingerprint density at radius 2 is 1.86 bits per heavy atom. The molecule has 0 atom stereocenters. The van der Waals surface area contributed by atoms with Gasteiger partial charge in [0.15, 0.2) is 16.5 Å². The number of ether oxygens (including phenoxy) is 2. The van der Waals surface area contributed by atoms with Gasteiger partial charge >= 0.3 is 0 Å². The van der Waals surface area contributed by atoms with Gasteiger partial charge in [0.05, 0.1) is 46.8 Å². The molecule has 3 aromatic carbocycles. The summed E-state index contributed by atoms with van der Waals surface area (Å²) in [6.45, 7) is 2.70. The molecule has 0 aliphatic carbocycles. The summed E-state index contributed by atoms with van der Waals surface area (Å²) in [5.41, 5.74) is 3.75. The molecular weight excluding hydrogens is 482 g/mol. The minimum Gasteiger partial charge on any atom is -0.493 e. The summed E-state index contributed by atoms with van der Waals surface area (Å²) in [6.07, 6.45) is 5.71. The van der Waals surface area contributed by atoms with E-state index in [0.717, 1.165) is 28.6 Å². The van der Waals surface area contributed by atoms with Crippen LogP contribution >= 0.6 is 11.3 Å². The average molecular weight is 508 g/mol. The largest absolute Gasteiger partial charge is 0.493 e. The first-order chi connectivity index (χ1) is 18.1. The third kappa shape index (κ3) is 4.72. The van der Waals surface area contributed by atoms with Crippen LogP contribution in [-0.2, 0) is 0 Å². The highest BCUT2D eigenvalue weighted by Gasteiger charge is 2.17. The third-order valence-electron chi connectivity index (χ3n) is 6.08. The maximum atomic E-state index is 13.9. The summed E-state index contributed by atoms with van der Waals surface area (Å²) in [4.78, 5) is 19.4. The molecule has 0 N–H and O–H groups in total. The van der Waals surface area contributed by atoms with Crippen LogP contribution in [0.5, 0.6) is 11.5 Å². The molecule has 5 aromatic rings. The summed E-state index contributed by atoms with van der Waals surface area (Å²) >= 11 is 1.47. The van der Waals surface area contributed by atoms with Gasteiger partial charge in [0, 0.05) is 5.56 Å². The summed E-state index contributed by atoms with van der Waals surface area (Å²) in [5, 5.41) is 9.24. The average Bonchev–Trinajstić information content (AvgIpc) is 3.31. The molecule has 0 spiro atoms. The summed E-state index contributed by atoms with van der Waals surface area (Å²) in [6, 6.07) is 22.7. The van der Waals surface area contributed by atoms with Crippen LogP contribution in [0.1, 0.15) is 36.6 Å². The van der Waals surface area contributed by atoms with E-state index < -0.39 is 0 Å². The van der Waals surface area contributed by atoms with Crippen molar-refractivity contribution in [2.45, 2.75) is 19.8 Å². The Labute approximate surface area is 218 Å². The number of nitrogens with zero attached hydrogens (tertiary/aromatic N) is 3. The molecule has 0 saturated heterocycles. The van der Waals surface area contributed by atoms with Crippen molar-refractivity contribution >= 4 is 38.7 Å². The normalized spacial score (nSPS) is 11.3. The third-order valence-corrected chi connectivity index (χ3v) is 7.11. The number of aromatic nitrogens is 2. The highest BCUT2D eigenvalue weighted by Crippen LogP contribution is 2.34. The molecule has 6 nitrogen and oxygen atoms in total. The number of thiazole rings is 1. The molecule has 0 bridgehead atoms. The number of hydrogen-bond acceptors (Lipinski definition) is 6. The first-order valence-electron chi connectivity index (χ1n) is 12.1. The van der Waals surface area contributed by atoms with Gasteiger partial charge in [-0.2, -0.15) is 5.26 Å². The second-order valence-electron chi connectivity index (χ2n) is 8.47. The first-order valence-corrected chi connectivity index (χ1v) is 12.9. The second kappa shape index (κ2) is 10.7. The van der Waals surface area contributed by atoms with Crippen molar-refractivity contribution in [3.63, 3.8) is 0 Å². The zero-order valence-corrected chi connectivity index (χ0v) is 21.4. The molecule has 0 saturated carbocycles. The number of hydrogen-bond donors (Lipinski definition) is 0. The SMILES string of the molecule is CCCCOc1c(/C=C/c2nc3sc4ccccc4n3c(=O)c2-c2ccc(C#N)cc2)cccc1OC. The van der Waals surface area contributed by atoms with Crippen LogP contribution in [0.4, 0.5) is 0 Å². The Hall–Kier alpha value is -4.41. The van der Waals surface area contributed by atoms with Crippen LogP contribution in [0.15, 0.2) is 71.5 Å². The van der Waals surface area contributed by atoms with E-state index in [2.05, 4.69) is 13.0 Å². The van der Waals surface area contributed by atoms with Crippen molar-refractivity contribution < 1.29 is 9.47 Å². The van der Waals surface area contributed by atoms with Gasteiger partial charge in [-0.3, -0.25) is 9.20 Å². The van der Waals surface area contributed by atoms with Gasteiger partial charge in [-0.1, -0.05) is 61.1 Å². The minimum absolute atomic E-state index is 0.156. The number of rotatable bonds is 8. The lowest BCUT2D eigenvalue weighted by Gasteiger charge is -2.13. The van der Waals surface area contributed by atoms with Crippen LogP contribution in [-0.4, -0.2) is 23.1 Å². The van der Waals surface area contributed by atoms with Crippen LogP contribution in [0.2, 0.25) is 0 Å². The molecule has 0 radical (unpaired) electrons. The molecule has 2 heterocycles. The van der Waals surface area contributed by atoms with Crippen LogP contribution in [0, 0.1) is 11.3 Å². The molecule has 0 amide bonds. The van der Waals surface area contributed by atoms with Crippen molar-refractivity contribution in [3.8, 4) is 28.7 Å². The van der Waals surface area contributed by atoms with Crippen molar-refractivity contribution in [2.75, 3.05) is 13.7 Å². The van der Waals surface area contributed by atoms with Gasteiger partial charge in [-0.05, 0) is 54.5 Å². The number of fused-ring (bicyclic) bond motifs is 3. The lowest BCUT2D eigenvalue weighted by atomic mass is 10.0. The Bertz CT molecular complexity index is 1710. The molecule has 5 rings (SSSR count). The van der Waals surface area contributed by atoms with Crippen molar-refractivity contribution in [1.82, 2.24) is 9.38 Å². The summed E-state index contributed by atoms with van der Waals surface area (Å²) in [7, 11) is 1.62. The molecule has 37 heavy (non-hydrogen) atoms. The smallest absolute Gasteiger partial charge is 0.267 e. The van der Waals surface area contributed by atoms with Gasteiger partial charge in [-0.25, -0.2) is 4.98 Å². The maximum Gasteiger partial charge on any atom is 0.267 e. The Balaban J connectivity index is 1.70. The summed E-state index contributed by atoms with van der Waals surface area (Å²) < 4.78 is 14.3. The molecular formula is C30H25N3O3S. The fraction of sp³-hybridized carbons (Fsp3) is 0.167. The van der Waals surface area contributed by atoms with Gasteiger partial charge in [-0.15, -0.1) is 0 Å². The highest BCUT2D eigenvalue weighted by molar-refractivity contribution is 7.23. The summed E-state index contributed by atoms with van der Waals surface area (Å²) in [5.74, 6) is 1.31. The van der Waals surface area contributed by atoms with Crippen molar-refractivity contribution in [3.05, 3.63) is 93.9 Å². The standard InChI is InChI=1S/C30H25N3O3S/c1-3-4-18-36-28-22(8-7-10-25(28)35-2)16-17-23-27(21-14-12-20(19-31)13-15-21)29(34)33-24-9-5-6-11-26(24)37-30(33)32-23/h5-17H,3-4,18H2,1-2H3/b17-16+. The van der Waals surface area contributed by atoms with Gasteiger partial charge in [0.2, 0.25) is 0 Å². The van der Waals surface area contributed by atoms with Gasteiger partial charge in [0.25, 0.3) is 5.56 Å². The van der Waals surface area contributed by atoms with E-state index >= 15 is 0 Å². The Morgan fingerprint density at radius 3 is 2.62 bits per heavy atom. The van der Waals surface area contributed by atoms with E-state index in [1.165, 1.54) is 11.3 Å². The maximum absolute atomic E-state index is 13.9. The molecule has 184 valence electrons. The Morgan fingerprint density at radius 1 is 1.05 bits per heavy atom. The van der Waals surface area contributed by atoms with E-state index in [9.17, 15) is 10.1 Å². The second-order valence-corrected chi connectivity index (χ2v) is 9.48. The highest BCUT2D eigenvalue weighted by atomic mass is 32.1. The van der Waals surface area contributed by atoms with Crippen LogP contribution in [0.25, 0.3) is 38.5 Å². The molecule has 2 aromatic heterocycles. The van der Waals surface area contributed by atoms with Crippen molar-refractivity contribution in [1.29, 1.82) is 5.26 Å². The van der Waals surface area contributed by atoms with Gasteiger partial charge in [0.1, 0.15) is 0 Å². The Kier molecular flexibility index (Phi) is 7.02. The lowest BCUT2D eigenvalue weighted by molar-refractivity contribution is 0.287. The van der Waals surface area contributed by atoms with Gasteiger partial charge < -0.3 is 9.47 Å². The van der Waals surface area contributed by atoms with Crippen molar-refractivity contribution in [2.24, 2.45) is 0 Å². The number of para-hydroxylation sites is 2. The fourth-order valence-corrected chi connectivity index (χ4v) is 5.22. The van der Waals surface area contributed by atoms with E-state index in [-0.39, 0.29) is 5.56 Å². The van der Waals surface area contributed by atoms with E-state index in [1.54, 1.807) is 35.8 Å². The van der Waals surface area contributed by atoms with E-state index in [0.29, 0.717) is 45.5 Å². The zero-order valence-electron chi connectivity index (χ0n) is 20.6. The quantitative estimate of drug-likeness (QED) is 0.216. The number of unbranched alkanes of at least 4 members (excludes halogenated alkanes) is 1. The van der Waals surface area contributed by atoms with Crippen LogP contribution in [0.3, 0.4) is 0 Å². The van der Waals surface area contributed by atoms with E-state index in [1.807, 2.05) is 54.6 Å². The number of benzene rings is 3. The molecule has 0 aliphatic heterocycles. The molecule has 0 unspecified atom stereocenters. The first kappa shape index (κ1) is 24.3. The van der Waals surface area contributed by atoms with Crippen LogP contribution < -0.4 is 15.0 Å². The lowest BCUT2D eigenvalue weighted by Crippen LogP contribution is -2.17. The number of nitriles is 1. The fourth-order valence-electron chi connectivity index (χ4n) is 4.19. The number of methoxy groups -OCH3 is 1. The topological polar surface area (TPSA) is 76.6 Å². The predicted octanol–water partition coefficient (Wildman–Crippen LogP) is 6.81. The van der Waals surface area contributed by atoms with E-state index in [4.69, 9.17) is 14.5 Å². The minimum atomic E-state index is -0.156. The predicted molar refractivity (Wildman–Crippen MR) is 149 cm³/mol. The zero-order chi connectivity index (χ0) is 25.8. The monoisotopic (exact) mass is 507 g/mol.